The van der Waals surface area contributed by atoms with Crippen LogP contribution in [0.25, 0.3) is 22.3 Å². The highest BCUT2D eigenvalue weighted by atomic mass is 32.2. The van der Waals surface area contributed by atoms with Crippen molar-refractivity contribution in [3.63, 3.8) is 0 Å². The van der Waals surface area contributed by atoms with Gasteiger partial charge in [0, 0.05) is 30.0 Å². The molecule has 17 heteroatoms. The maximum absolute atomic E-state index is 13.7. The Balaban J connectivity index is 0.000000357. The van der Waals surface area contributed by atoms with Crippen LogP contribution in [0.3, 0.4) is 0 Å². The van der Waals surface area contributed by atoms with Crippen molar-refractivity contribution in [1.29, 1.82) is 0 Å². The number of hydrogen-bond donors (Lipinski definition) is 0. The standard InChI is InChI=1S/C37H42FNO9S.C17H26O5/c1-4-32(40)34-30-23-29(25-11-12-25)31(24-33(30)48-35(34)27-13-15-28(38)16-14-27)39(49(3,42)43)17-18-44-19-20-45-21-22-47-36(37(41)46-5-2)26-9-7-6-8-10-26;1-3-10-19-11-12-20-13-14-22-16(17(18)21-4-2)15-8-6-5-7-9-15/h6-10,13-16,23-25,36H,4-5,11-12,17-22H2,1-3H3;5-9,16H,3-4,10-14H2,1-2H3. The van der Waals surface area contributed by atoms with Crippen molar-refractivity contribution in [2.75, 3.05) is 96.4 Å². The van der Waals surface area contributed by atoms with Crippen molar-refractivity contribution in [2.45, 2.75) is 71.5 Å². The number of carbonyl (C=O) groups is 3. The number of halogens is 1. The van der Waals surface area contributed by atoms with Gasteiger partial charge in [-0.1, -0.05) is 74.5 Å². The molecular formula is C54H68FNO14S. The number of ketones is 1. The Morgan fingerprint density at radius 2 is 1.15 bits per heavy atom. The molecule has 1 saturated carbocycles. The second kappa shape index (κ2) is 29.7. The average molecular weight is 1010 g/mol. The van der Waals surface area contributed by atoms with E-state index in [-0.39, 0.29) is 70.3 Å². The zero-order chi connectivity index (χ0) is 51.0. The summed E-state index contributed by atoms with van der Waals surface area (Å²) in [6.45, 7) is 11.5. The molecule has 0 aliphatic heterocycles. The van der Waals surface area contributed by atoms with E-state index < -0.39 is 34.0 Å². The van der Waals surface area contributed by atoms with E-state index in [0.29, 0.717) is 72.1 Å². The second-order valence-corrected chi connectivity index (χ2v) is 18.3. The van der Waals surface area contributed by atoms with Gasteiger partial charge in [0.25, 0.3) is 0 Å². The molecule has 2 unspecified atom stereocenters. The molecule has 0 spiro atoms. The molecule has 5 aromatic rings. The van der Waals surface area contributed by atoms with E-state index in [1.165, 1.54) is 16.4 Å². The molecule has 0 amide bonds. The summed E-state index contributed by atoms with van der Waals surface area (Å²) in [7, 11) is -3.73. The highest BCUT2D eigenvalue weighted by Gasteiger charge is 2.33. The van der Waals surface area contributed by atoms with Crippen LogP contribution in [-0.4, -0.2) is 118 Å². The van der Waals surface area contributed by atoms with Crippen LogP contribution in [0.2, 0.25) is 0 Å². The first-order chi connectivity index (χ1) is 34.4. The molecule has 4 aromatic carbocycles. The SMILES string of the molecule is CCCOCCOCCOC(C(=O)OCC)c1ccccc1.CCOC(=O)C(OCCOCCOCCN(c1cc2oc(-c3ccc(F)cc3)c(C(=O)CC)c2cc1C1CC1)S(C)(=O)=O)c1ccccc1. The third kappa shape index (κ3) is 17.6. The van der Waals surface area contributed by atoms with Gasteiger partial charge in [0.15, 0.2) is 18.0 Å². The molecule has 1 aliphatic carbocycles. The highest BCUT2D eigenvalue weighted by Crippen LogP contribution is 2.48. The normalized spacial score (nSPS) is 13.3. The van der Waals surface area contributed by atoms with Gasteiger partial charge < -0.3 is 42.3 Å². The summed E-state index contributed by atoms with van der Waals surface area (Å²) in [5.41, 5.74) is 4.13. The molecule has 1 fully saturated rings. The Morgan fingerprint density at radius 3 is 1.62 bits per heavy atom. The lowest BCUT2D eigenvalue weighted by atomic mass is 9.97. The topological polar surface area (TPSA) is 176 Å². The number of hydrogen-bond acceptors (Lipinski definition) is 14. The van der Waals surface area contributed by atoms with Crippen LogP contribution in [0.4, 0.5) is 10.1 Å². The summed E-state index contributed by atoms with van der Waals surface area (Å²) in [5.74, 6) is -0.885. The lowest BCUT2D eigenvalue weighted by Gasteiger charge is -2.25. The molecule has 15 nitrogen and oxygen atoms in total. The molecule has 0 N–H and O–H groups in total. The number of sulfonamides is 1. The van der Waals surface area contributed by atoms with Crippen LogP contribution in [-0.2, 0) is 57.5 Å². The molecule has 1 aromatic heterocycles. The van der Waals surface area contributed by atoms with Gasteiger partial charge in [0.1, 0.15) is 17.2 Å². The molecule has 71 heavy (non-hydrogen) atoms. The van der Waals surface area contributed by atoms with Gasteiger partial charge in [0.2, 0.25) is 10.0 Å². The van der Waals surface area contributed by atoms with Gasteiger partial charge in [-0.05, 0) is 86.1 Å². The monoisotopic (exact) mass is 1010 g/mol. The fourth-order valence-electron chi connectivity index (χ4n) is 7.49. The molecular weight excluding hydrogens is 938 g/mol. The third-order valence-corrected chi connectivity index (χ3v) is 12.2. The highest BCUT2D eigenvalue weighted by molar-refractivity contribution is 7.92. The Bertz CT molecular complexity index is 2500. The van der Waals surface area contributed by atoms with Gasteiger partial charge in [-0.3, -0.25) is 9.10 Å². The van der Waals surface area contributed by atoms with Gasteiger partial charge in [-0.25, -0.2) is 22.4 Å². The molecule has 0 saturated heterocycles. The van der Waals surface area contributed by atoms with Gasteiger partial charge in [0.05, 0.1) is 96.7 Å². The van der Waals surface area contributed by atoms with Gasteiger partial charge in [-0.2, -0.15) is 0 Å². The number of Topliss-reactive ketones (excluding diaryl/α,β-unsaturated/α-hetero) is 1. The maximum Gasteiger partial charge on any atom is 0.339 e. The van der Waals surface area contributed by atoms with Crippen LogP contribution in [0.15, 0.2) is 101 Å². The molecule has 1 aliphatic rings. The number of rotatable bonds is 31. The Kier molecular flexibility index (Phi) is 23.6. The quantitative estimate of drug-likeness (QED) is 0.0233. The maximum atomic E-state index is 13.7. The van der Waals surface area contributed by atoms with E-state index in [1.54, 1.807) is 51.1 Å². The van der Waals surface area contributed by atoms with Crippen molar-refractivity contribution < 1.29 is 69.5 Å². The minimum atomic E-state index is -3.73. The number of furan rings is 1. The summed E-state index contributed by atoms with van der Waals surface area (Å²) < 4.78 is 91.1. The van der Waals surface area contributed by atoms with Crippen molar-refractivity contribution in [3.05, 3.63) is 125 Å². The number of carbonyl (C=O) groups excluding carboxylic acids is 3. The van der Waals surface area contributed by atoms with Crippen molar-refractivity contribution in [3.8, 4) is 11.3 Å². The Labute approximate surface area is 416 Å². The smallest absolute Gasteiger partial charge is 0.339 e. The molecule has 6 rings (SSSR count). The summed E-state index contributed by atoms with van der Waals surface area (Å²) in [5, 5.41) is 0.611. The van der Waals surface area contributed by atoms with Crippen molar-refractivity contribution in [2.24, 2.45) is 0 Å². The molecule has 1 heterocycles. The summed E-state index contributed by atoms with van der Waals surface area (Å²) in [4.78, 5) is 37.5. The van der Waals surface area contributed by atoms with E-state index >= 15 is 0 Å². The first-order valence-corrected chi connectivity index (χ1v) is 26.1. The second-order valence-electron chi connectivity index (χ2n) is 16.4. The number of anilines is 1. The number of benzene rings is 4. The average Bonchev–Trinajstić information content (AvgIpc) is 4.15. The first-order valence-electron chi connectivity index (χ1n) is 24.3. The Hall–Kier alpha value is -5.53. The third-order valence-electron chi connectivity index (χ3n) is 11.0. The van der Waals surface area contributed by atoms with Gasteiger partial charge >= 0.3 is 11.9 Å². The molecule has 386 valence electrons. The zero-order valence-corrected chi connectivity index (χ0v) is 42.3. The minimum Gasteiger partial charge on any atom is -0.464 e. The van der Waals surface area contributed by atoms with E-state index in [2.05, 4.69) is 6.92 Å². The molecule has 0 radical (unpaired) electrons. The van der Waals surface area contributed by atoms with Gasteiger partial charge in [-0.15, -0.1) is 0 Å². The number of esters is 2. The fraction of sp³-hybridized carbons (Fsp3) is 0.463. The molecule has 2 atom stereocenters. The molecule has 0 bridgehead atoms. The van der Waals surface area contributed by atoms with E-state index in [4.69, 9.17) is 42.3 Å². The van der Waals surface area contributed by atoms with E-state index in [9.17, 15) is 27.2 Å². The lowest BCUT2D eigenvalue weighted by molar-refractivity contribution is -0.159. The first kappa shape index (κ1) is 56.4. The summed E-state index contributed by atoms with van der Waals surface area (Å²) in [6.07, 6.45) is 2.64. The van der Waals surface area contributed by atoms with Crippen LogP contribution in [0.5, 0.6) is 0 Å². The predicted octanol–water partition coefficient (Wildman–Crippen LogP) is 9.58. The van der Waals surface area contributed by atoms with Crippen molar-refractivity contribution in [1.82, 2.24) is 0 Å². The largest absolute Gasteiger partial charge is 0.464 e. The number of fused-ring (bicyclic) bond motifs is 1. The predicted molar refractivity (Wildman–Crippen MR) is 267 cm³/mol. The van der Waals surface area contributed by atoms with Crippen LogP contribution < -0.4 is 4.31 Å². The Morgan fingerprint density at radius 1 is 0.662 bits per heavy atom. The van der Waals surface area contributed by atoms with Crippen LogP contribution >= 0.6 is 0 Å². The minimum absolute atomic E-state index is 0.0533. The lowest BCUT2D eigenvalue weighted by Crippen LogP contribution is -2.34. The number of nitrogens with zero attached hydrogens (tertiary/aromatic N) is 1. The number of ether oxygens (including phenoxy) is 8. The zero-order valence-electron chi connectivity index (χ0n) is 41.4. The van der Waals surface area contributed by atoms with Crippen LogP contribution in [0, 0.1) is 5.82 Å². The summed E-state index contributed by atoms with van der Waals surface area (Å²) in [6, 6.07) is 27.7. The van der Waals surface area contributed by atoms with Crippen molar-refractivity contribution >= 4 is 44.4 Å². The summed E-state index contributed by atoms with van der Waals surface area (Å²) >= 11 is 0. The van der Waals surface area contributed by atoms with Crippen LogP contribution in [0.1, 0.15) is 98.6 Å². The fourth-order valence-corrected chi connectivity index (χ4v) is 8.41. The van der Waals surface area contributed by atoms with E-state index in [1.807, 2.05) is 54.6 Å². The van der Waals surface area contributed by atoms with E-state index in [0.717, 1.165) is 43.3 Å².